The van der Waals surface area contributed by atoms with Crippen molar-refractivity contribution in [2.75, 3.05) is 6.54 Å². The summed E-state index contributed by atoms with van der Waals surface area (Å²) in [6.07, 6.45) is 8.52. The minimum absolute atomic E-state index is 0.0233. The van der Waals surface area contributed by atoms with Gasteiger partial charge in [-0.3, -0.25) is 14.4 Å². The number of benzene rings is 2. The number of aromatic nitrogens is 2. The van der Waals surface area contributed by atoms with Crippen molar-refractivity contribution in [3.8, 4) is 11.1 Å². The third-order valence-electron chi connectivity index (χ3n) is 6.57. The smallest absolute Gasteiger partial charge is 0.142 e. The Bertz CT molecular complexity index is 1250. The molecule has 1 aliphatic heterocycles. The fourth-order valence-corrected chi connectivity index (χ4v) is 5.08. The number of aldehydes is 1. The Morgan fingerprint density at radius 2 is 1.86 bits per heavy atom. The van der Waals surface area contributed by atoms with Crippen molar-refractivity contribution in [3.63, 3.8) is 0 Å². The molecule has 4 nitrogen and oxygen atoms in total. The number of halogens is 3. The van der Waals surface area contributed by atoms with Gasteiger partial charge in [-0.1, -0.05) is 31.2 Å². The van der Waals surface area contributed by atoms with Gasteiger partial charge in [0.1, 0.15) is 23.6 Å². The molecule has 3 aromatic rings. The van der Waals surface area contributed by atoms with Gasteiger partial charge in [-0.25, -0.2) is 13.2 Å². The Hall–Kier alpha value is -3.19. The summed E-state index contributed by atoms with van der Waals surface area (Å²) in [5, 5.41) is 4.42. The van der Waals surface area contributed by atoms with E-state index < -0.39 is 23.3 Å². The van der Waals surface area contributed by atoms with Crippen LogP contribution in [0.2, 0.25) is 0 Å². The number of fused-ring (bicyclic) bond motifs is 1. The average Bonchev–Trinajstić information content (AvgIpc) is 3.27. The quantitative estimate of drug-likeness (QED) is 0.263. The van der Waals surface area contributed by atoms with E-state index in [1.807, 2.05) is 41.0 Å². The van der Waals surface area contributed by atoms with Crippen LogP contribution in [0.4, 0.5) is 13.2 Å². The predicted octanol–water partition coefficient (Wildman–Crippen LogP) is 6.53. The number of hydrogen-bond donors (Lipinski definition) is 0. The molecule has 0 spiro atoms. The molecule has 190 valence electrons. The number of aryl methyl sites for hydroxylation is 1. The summed E-state index contributed by atoms with van der Waals surface area (Å²) in [7, 11) is 0. The van der Waals surface area contributed by atoms with Gasteiger partial charge >= 0.3 is 0 Å². The molecular formula is C29H32F3N3O. The summed E-state index contributed by atoms with van der Waals surface area (Å²) in [5.41, 5.74) is 2.28. The molecule has 0 amide bonds. The van der Waals surface area contributed by atoms with Gasteiger partial charge in [-0.05, 0) is 74.1 Å². The van der Waals surface area contributed by atoms with E-state index in [0.29, 0.717) is 12.7 Å². The Morgan fingerprint density at radius 1 is 1.14 bits per heavy atom. The number of allylic oxidation sites excluding steroid dienone is 1. The van der Waals surface area contributed by atoms with Gasteiger partial charge < -0.3 is 0 Å². The zero-order valence-electron chi connectivity index (χ0n) is 21.1. The van der Waals surface area contributed by atoms with E-state index in [4.69, 9.17) is 0 Å². The molecular weight excluding hydrogens is 463 g/mol. The van der Waals surface area contributed by atoms with Crippen LogP contribution in [-0.2, 0) is 17.8 Å². The Labute approximate surface area is 210 Å². The third kappa shape index (κ3) is 5.46. The van der Waals surface area contributed by atoms with Crippen molar-refractivity contribution in [2.24, 2.45) is 0 Å². The standard InChI is InChI=1S/C29H32F3N3O/c1-5-10-34-17-23(16-33-34)21-8-9-24-22(15-21)12-19(2)35(18-29(3,4)32)28(24)27-25(30)13-20(7-6-11-36)14-26(27)31/h6-9,11,13-17,19,28H,5,10,12,18H2,1-4H3/b7-6+. The van der Waals surface area contributed by atoms with E-state index in [1.165, 1.54) is 38.1 Å². The summed E-state index contributed by atoms with van der Waals surface area (Å²) in [5.74, 6) is -1.45. The summed E-state index contributed by atoms with van der Waals surface area (Å²) in [4.78, 5) is 12.5. The summed E-state index contributed by atoms with van der Waals surface area (Å²) >= 11 is 0. The zero-order chi connectivity index (χ0) is 26.0. The van der Waals surface area contributed by atoms with Crippen molar-refractivity contribution in [1.82, 2.24) is 14.7 Å². The highest BCUT2D eigenvalue weighted by Crippen LogP contribution is 2.42. The molecule has 1 aliphatic rings. The van der Waals surface area contributed by atoms with Crippen LogP contribution in [0.3, 0.4) is 0 Å². The first-order chi connectivity index (χ1) is 17.1. The Balaban J connectivity index is 1.83. The topological polar surface area (TPSA) is 38.1 Å². The second kappa shape index (κ2) is 10.4. The van der Waals surface area contributed by atoms with Crippen molar-refractivity contribution in [3.05, 3.63) is 82.7 Å². The van der Waals surface area contributed by atoms with Crippen LogP contribution in [0, 0.1) is 11.6 Å². The second-order valence-corrected chi connectivity index (χ2v) is 10.1. The highest BCUT2D eigenvalue weighted by atomic mass is 19.1. The average molecular weight is 496 g/mol. The van der Waals surface area contributed by atoms with E-state index in [2.05, 4.69) is 18.1 Å². The number of rotatable bonds is 8. The fraction of sp³-hybridized carbons (Fsp3) is 0.379. The first-order valence-corrected chi connectivity index (χ1v) is 12.3. The molecule has 2 heterocycles. The van der Waals surface area contributed by atoms with Crippen LogP contribution in [0.1, 0.15) is 62.4 Å². The van der Waals surface area contributed by atoms with Gasteiger partial charge in [0.15, 0.2) is 0 Å². The van der Waals surface area contributed by atoms with Crippen molar-refractivity contribution < 1.29 is 18.0 Å². The molecule has 0 bridgehead atoms. The number of carbonyl (C=O) groups is 1. The van der Waals surface area contributed by atoms with Gasteiger partial charge in [0.25, 0.3) is 0 Å². The fourth-order valence-electron chi connectivity index (χ4n) is 5.08. The maximum Gasteiger partial charge on any atom is 0.142 e. The summed E-state index contributed by atoms with van der Waals surface area (Å²) in [6, 6.07) is 7.38. The highest BCUT2D eigenvalue weighted by molar-refractivity contribution is 5.74. The molecule has 4 rings (SSSR count). The first-order valence-electron chi connectivity index (χ1n) is 12.3. The predicted molar refractivity (Wildman–Crippen MR) is 136 cm³/mol. The van der Waals surface area contributed by atoms with E-state index in [-0.39, 0.29) is 23.7 Å². The lowest BCUT2D eigenvalue weighted by Gasteiger charge is -2.44. The molecule has 0 saturated carbocycles. The lowest BCUT2D eigenvalue weighted by atomic mass is 9.82. The lowest BCUT2D eigenvalue weighted by molar-refractivity contribution is -0.104. The van der Waals surface area contributed by atoms with Crippen molar-refractivity contribution in [2.45, 2.75) is 64.8 Å². The van der Waals surface area contributed by atoms with Gasteiger partial charge in [-0.2, -0.15) is 5.10 Å². The molecule has 0 N–H and O–H groups in total. The first kappa shape index (κ1) is 25.9. The van der Waals surface area contributed by atoms with E-state index in [0.717, 1.165) is 35.2 Å². The maximum atomic E-state index is 15.5. The largest absolute Gasteiger partial charge is 0.299 e. The molecule has 36 heavy (non-hydrogen) atoms. The van der Waals surface area contributed by atoms with Gasteiger partial charge in [0.2, 0.25) is 0 Å². The molecule has 2 unspecified atom stereocenters. The molecule has 2 aromatic carbocycles. The highest BCUT2D eigenvalue weighted by Gasteiger charge is 2.39. The van der Waals surface area contributed by atoms with E-state index in [1.54, 1.807) is 0 Å². The summed E-state index contributed by atoms with van der Waals surface area (Å²) in [6.45, 7) is 7.86. The molecule has 7 heteroatoms. The molecule has 2 atom stereocenters. The van der Waals surface area contributed by atoms with Gasteiger partial charge in [-0.15, -0.1) is 0 Å². The SMILES string of the molecule is CCCn1cc(-c2ccc3c(c2)CC(C)N(CC(C)(C)F)C3c2c(F)cc(/C=C/C=O)cc2F)cn1. The molecule has 0 aliphatic carbocycles. The number of alkyl halides is 1. The Kier molecular flexibility index (Phi) is 7.50. The van der Waals surface area contributed by atoms with E-state index in [9.17, 15) is 9.18 Å². The monoisotopic (exact) mass is 495 g/mol. The minimum atomic E-state index is -1.56. The molecule has 0 radical (unpaired) electrons. The molecule has 1 aromatic heterocycles. The van der Waals surface area contributed by atoms with Gasteiger partial charge in [0, 0.05) is 36.5 Å². The second-order valence-electron chi connectivity index (χ2n) is 10.1. The van der Waals surface area contributed by atoms with Crippen LogP contribution in [-0.4, -0.2) is 39.2 Å². The normalized spacial score (nSPS) is 18.5. The van der Waals surface area contributed by atoms with Crippen LogP contribution in [0.25, 0.3) is 17.2 Å². The van der Waals surface area contributed by atoms with Crippen LogP contribution >= 0.6 is 0 Å². The summed E-state index contributed by atoms with van der Waals surface area (Å²) < 4.78 is 47.7. The van der Waals surface area contributed by atoms with Crippen LogP contribution < -0.4 is 0 Å². The van der Waals surface area contributed by atoms with Crippen LogP contribution in [0.15, 0.2) is 48.8 Å². The molecule has 0 fully saturated rings. The van der Waals surface area contributed by atoms with Gasteiger partial charge in [0.05, 0.1) is 12.2 Å². The number of carbonyl (C=O) groups excluding carboxylic acids is 1. The maximum absolute atomic E-state index is 15.5. The number of hydrogen-bond acceptors (Lipinski definition) is 3. The molecule has 0 saturated heterocycles. The van der Waals surface area contributed by atoms with Crippen LogP contribution in [0.5, 0.6) is 0 Å². The Morgan fingerprint density at radius 3 is 2.50 bits per heavy atom. The lowest BCUT2D eigenvalue weighted by Crippen LogP contribution is -2.48. The minimum Gasteiger partial charge on any atom is -0.299 e. The zero-order valence-corrected chi connectivity index (χ0v) is 21.1. The van der Waals surface area contributed by atoms with Crippen molar-refractivity contribution in [1.29, 1.82) is 0 Å². The number of nitrogens with zero attached hydrogens (tertiary/aromatic N) is 3. The van der Waals surface area contributed by atoms with E-state index >= 15 is 8.78 Å². The third-order valence-corrected chi connectivity index (χ3v) is 6.57. The van der Waals surface area contributed by atoms with Crippen molar-refractivity contribution >= 4 is 12.4 Å².